The summed E-state index contributed by atoms with van der Waals surface area (Å²) in [5, 5.41) is 2.93. The van der Waals surface area contributed by atoms with Gasteiger partial charge in [0.2, 0.25) is 5.91 Å². The molecule has 0 aliphatic carbocycles. The number of carbonyl (C=O) groups is 2. The minimum absolute atomic E-state index is 0.00209. The van der Waals surface area contributed by atoms with E-state index in [1.807, 2.05) is 29.2 Å². The van der Waals surface area contributed by atoms with Gasteiger partial charge in [0, 0.05) is 44.6 Å². The third-order valence-electron chi connectivity index (χ3n) is 6.91. The first-order chi connectivity index (χ1) is 17.3. The lowest BCUT2D eigenvalue weighted by Gasteiger charge is -2.40. The van der Waals surface area contributed by atoms with Gasteiger partial charge in [-0.2, -0.15) is 0 Å². The molecule has 0 radical (unpaired) electrons. The number of para-hydroxylation sites is 1. The lowest BCUT2D eigenvalue weighted by Crippen LogP contribution is -2.51. The minimum atomic E-state index is -0.618. The Morgan fingerprint density at radius 2 is 1.81 bits per heavy atom. The van der Waals surface area contributed by atoms with Crippen molar-refractivity contribution in [2.45, 2.75) is 32.0 Å². The second-order valence-corrected chi connectivity index (χ2v) is 9.15. The van der Waals surface area contributed by atoms with Gasteiger partial charge < -0.3 is 15.1 Å². The Morgan fingerprint density at radius 1 is 1.06 bits per heavy atom. The van der Waals surface area contributed by atoms with Gasteiger partial charge in [0.25, 0.3) is 5.56 Å². The second kappa shape index (κ2) is 9.44. The standard InChI is InChI=1S/C26H26FN5O4/c1-29-24(34)21(17-6-4-7-19(27)13-17)15-31(26(29)36)16-23(33)30-11-9-20(10-12-30)32-14-18-5-2-3-8-22(18)28-25(32)35/h2-8,13,15,20H,9-12,14,16H2,1H3,(H,28,35). The molecule has 3 heterocycles. The van der Waals surface area contributed by atoms with Crippen LogP contribution in [0.4, 0.5) is 14.9 Å². The van der Waals surface area contributed by atoms with Crippen molar-refractivity contribution in [2.24, 2.45) is 7.05 Å². The van der Waals surface area contributed by atoms with E-state index in [4.69, 9.17) is 0 Å². The summed E-state index contributed by atoms with van der Waals surface area (Å²) >= 11 is 0. The molecule has 2 aromatic carbocycles. The number of likely N-dealkylation sites (tertiary alicyclic amines) is 1. The molecule has 186 valence electrons. The molecule has 0 atom stereocenters. The smallest absolute Gasteiger partial charge is 0.331 e. The molecule has 1 saturated heterocycles. The van der Waals surface area contributed by atoms with Gasteiger partial charge in [0.15, 0.2) is 0 Å². The van der Waals surface area contributed by atoms with Crippen LogP contribution in [-0.2, 0) is 24.9 Å². The van der Waals surface area contributed by atoms with Crippen LogP contribution in [-0.4, -0.2) is 50.0 Å². The number of aromatic nitrogens is 2. The molecule has 9 nitrogen and oxygen atoms in total. The average molecular weight is 492 g/mol. The van der Waals surface area contributed by atoms with Crippen LogP contribution in [0.3, 0.4) is 0 Å². The molecule has 3 aromatic rings. The molecule has 2 aliphatic heterocycles. The van der Waals surface area contributed by atoms with Crippen LogP contribution >= 0.6 is 0 Å². The van der Waals surface area contributed by atoms with Crippen molar-refractivity contribution < 1.29 is 14.0 Å². The Hall–Kier alpha value is -4.21. The third-order valence-corrected chi connectivity index (χ3v) is 6.91. The minimum Gasteiger partial charge on any atom is -0.341 e. The zero-order chi connectivity index (χ0) is 25.4. The molecule has 36 heavy (non-hydrogen) atoms. The second-order valence-electron chi connectivity index (χ2n) is 9.15. The largest absolute Gasteiger partial charge is 0.341 e. The molecule has 0 saturated carbocycles. The number of hydrogen-bond acceptors (Lipinski definition) is 4. The van der Waals surface area contributed by atoms with Gasteiger partial charge in [-0.05, 0) is 42.2 Å². The predicted octanol–water partition coefficient (Wildman–Crippen LogP) is 2.39. The lowest BCUT2D eigenvalue weighted by atomic mass is 10.0. The van der Waals surface area contributed by atoms with Crippen molar-refractivity contribution in [3.05, 3.63) is 86.9 Å². The molecular weight excluding hydrogens is 465 g/mol. The van der Waals surface area contributed by atoms with Gasteiger partial charge in [-0.3, -0.25) is 18.7 Å². The van der Waals surface area contributed by atoms with Crippen LogP contribution in [0.2, 0.25) is 0 Å². The molecule has 1 fully saturated rings. The van der Waals surface area contributed by atoms with Gasteiger partial charge in [0.05, 0.1) is 5.56 Å². The number of rotatable bonds is 4. The number of nitrogens with zero attached hydrogens (tertiary/aromatic N) is 4. The van der Waals surface area contributed by atoms with E-state index in [0.717, 1.165) is 15.8 Å². The maximum absolute atomic E-state index is 13.7. The zero-order valence-corrected chi connectivity index (χ0v) is 19.8. The number of halogens is 1. The van der Waals surface area contributed by atoms with Crippen molar-refractivity contribution in [3.8, 4) is 11.1 Å². The van der Waals surface area contributed by atoms with Gasteiger partial charge in [-0.15, -0.1) is 0 Å². The summed E-state index contributed by atoms with van der Waals surface area (Å²) in [5.41, 5.74) is 1.17. The highest BCUT2D eigenvalue weighted by molar-refractivity contribution is 5.92. The number of anilines is 1. The molecule has 2 aliphatic rings. The lowest BCUT2D eigenvalue weighted by molar-refractivity contribution is -0.133. The fraction of sp³-hybridized carbons (Fsp3) is 0.308. The number of nitrogens with one attached hydrogen (secondary N) is 1. The van der Waals surface area contributed by atoms with E-state index in [1.165, 1.54) is 36.0 Å². The van der Waals surface area contributed by atoms with Crippen molar-refractivity contribution in [1.82, 2.24) is 18.9 Å². The summed E-state index contributed by atoms with van der Waals surface area (Å²) in [4.78, 5) is 54.5. The summed E-state index contributed by atoms with van der Waals surface area (Å²) in [6.45, 7) is 1.19. The van der Waals surface area contributed by atoms with Gasteiger partial charge in [0.1, 0.15) is 12.4 Å². The number of piperidine rings is 1. The van der Waals surface area contributed by atoms with Crippen LogP contribution in [0.25, 0.3) is 11.1 Å². The van der Waals surface area contributed by atoms with Crippen molar-refractivity contribution >= 4 is 17.6 Å². The van der Waals surface area contributed by atoms with Crippen LogP contribution < -0.4 is 16.6 Å². The monoisotopic (exact) mass is 491 g/mol. The molecular formula is C26H26FN5O4. The fourth-order valence-electron chi connectivity index (χ4n) is 4.88. The number of fused-ring (bicyclic) bond motifs is 1. The Bertz CT molecular complexity index is 1460. The Labute approximate surface area is 206 Å². The molecule has 0 unspecified atom stereocenters. The first-order valence-electron chi connectivity index (χ1n) is 11.8. The molecule has 10 heteroatoms. The molecule has 1 aromatic heterocycles. The summed E-state index contributed by atoms with van der Waals surface area (Å²) in [6.07, 6.45) is 2.57. The summed E-state index contributed by atoms with van der Waals surface area (Å²) < 4.78 is 15.8. The van der Waals surface area contributed by atoms with E-state index in [-0.39, 0.29) is 30.1 Å². The fourth-order valence-corrected chi connectivity index (χ4v) is 4.88. The molecule has 0 bridgehead atoms. The van der Waals surface area contributed by atoms with Gasteiger partial charge in [-0.25, -0.2) is 14.0 Å². The number of urea groups is 1. The number of benzene rings is 2. The Kier molecular flexibility index (Phi) is 6.17. The average Bonchev–Trinajstić information content (AvgIpc) is 2.88. The van der Waals surface area contributed by atoms with Crippen LogP contribution in [0, 0.1) is 5.82 Å². The summed E-state index contributed by atoms with van der Waals surface area (Å²) in [6, 6.07) is 13.1. The number of hydrogen-bond donors (Lipinski definition) is 1. The highest BCUT2D eigenvalue weighted by atomic mass is 19.1. The van der Waals surface area contributed by atoms with E-state index in [2.05, 4.69) is 5.32 Å². The van der Waals surface area contributed by atoms with Crippen molar-refractivity contribution in [1.29, 1.82) is 0 Å². The number of amides is 3. The predicted molar refractivity (Wildman–Crippen MR) is 132 cm³/mol. The quantitative estimate of drug-likeness (QED) is 0.606. The first-order valence-corrected chi connectivity index (χ1v) is 11.8. The van der Waals surface area contributed by atoms with E-state index in [1.54, 1.807) is 11.0 Å². The van der Waals surface area contributed by atoms with Gasteiger partial charge in [-0.1, -0.05) is 30.3 Å². The highest BCUT2D eigenvalue weighted by Crippen LogP contribution is 2.27. The van der Waals surface area contributed by atoms with E-state index in [9.17, 15) is 23.6 Å². The van der Waals surface area contributed by atoms with Crippen molar-refractivity contribution in [2.75, 3.05) is 18.4 Å². The molecule has 5 rings (SSSR count). The van der Waals surface area contributed by atoms with E-state index < -0.39 is 17.1 Å². The maximum atomic E-state index is 13.7. The Morgan fingerprint density at radius 3 is 2.56 bits per heavy atom. The van der Waals surface area contributed by atoms with Crippen LogP contribution in [0.15, 0.2) is 64.3 Å². The Balaban J connectivity index is 1.28. The van der Waals surface area contributed by atoms with E-state index >= 15 is 0 Å². The van der Waals surface area contributed by atoms with Crippen molar-refractivity contribution in [3.63, 3.8) is 0 Å². The van der Waals surface area contributed by atoms with Crippen LogP contribution in [0.1, 0.15) is 18.4 Å². The van der Waals surface area contributed by atoms with Crippen LogP contribution in [0.5, 0.6) is 0 Å². The molecule has 0 spiro atoms. The summed E-state index contributed by atoms with van der Waals surface area (Å²) in [5.74, 6) is -0.759. The molecule has 3 amide bonds. The van der Waals surface area contributed by atoms with Gasteiger partial charge >= 0.3 is 11.7 Å². The maximum Gasteiger partial charge on any atom is 0.331 e. The first kappa shape index (κ1) is 23.5. The topological polar surface area (TPSA) is 96.7 Å². The SMILES string of the molecule is Cn1c(=O)c(-c2cccc(F)c2)cn(CC(=O)N2CCC(N3Cc4ccccc4NC3=O)CC2)c1=O. The third kappa shape index (κ3) is 4.41. The zero-order valence-electron chi connectivity index (χ0n) is 19.8. The van der Waals surface area contributed by atoms with E-state index in [0.29, 0.717) is 38.0 Å². The summed E-state index contributed by atoms with van der Waals surface area (Å²) in [7, 11) is 1.34. The highest BCUT2D eigenvalue weighted by Gasteiger charge is 2.32. The molecule has 1 N–H and O–H groups in total. The normalized spacial score (nSPS) is 16.0. The number of carbonyl (C=O) groups excluding carboxylic acids is 2.